The van der Waals surface area contributed by atoms with Crippen molar-refractivity contribution in [1.29, 1.82) is 0 Å². The molecule has 0 spiro atoms. The van der Waals surface area contributed by atoms with Crippen LogP contribution in [0.2, 0.25) is 5.02 Å². The number of hydrogen-bond donors (Lipinski definition) is 2. The third-order valence-electron chi connectivity index (χ3n) is 5.50. The fourth-order valence-electron chi connectivity index (χ4n) is 4.00. The Hall–Kier alpha value is -2.61. The van der Waals surface area contributed by atoms with Crippen LogP contribution in [0.4, 0.5) is 10.1 Å². The number of piperidine rings is 1. The van der Waals surface area contributed by atoms with Crippen LogP contribution in [-0.4, -0.2) is 56.9 Å². The van der Waals surface area contributed by atoms with E-state index in [1.165, 1.54) is 6.92 Å². The first-order valence-electron chi connectivity index (χ1n) is 9.19. The number of rotatable bonds is 3. The quantitative estimate of drug-likeness (QED) is 0.699. The van der Waals surface area contributed by atoms with Gasteiger partial charge in [-0.15, -0.1) is 0 Å². The predicted molar refractivity (Wildman–Crippen MR) is 107 cm³/mol. The number of aromatic nitrogens is 4. The summed E-state index contributed by atoms with van der Waals surface area (Å²) in [6, 6.07) is -0.394. The van der Waals surface area contributed by atoms with Crippen LogP contribution in [0.25, 0.3) is 22.2 Å². The van der Waals surface area contributed by atoms with Crippen molar-refractivity contribution in [3.63, 3.8) is 0 Å². The minimum absolute atomic E-state index is 0.0969. The molecule has 0 aliphatic carbocycles. The average molecular weight is 405 g/mol. The lowest BCUT2D eigenvalue weighted by atomic mass is 10.0. The molecule has 1 amide bonds. The summed E-state index contributed by atoms with van der Waals surface area (Å²) in [6.07, 6.45) is 4.58. The number of nitrogens with one attached hydrogen (secondary N) is 2. The van der Waals surface area contributed by atoms with E-state index in [0.29, 0.717) is 23.6 Å². The molecule has 4 heterocycles. The first kappa shape index (κ1) is 18.7. The molecule has 7 nitrogen and oxygen atoms in total. The number of pyridine rings is 1. The fraction of sp³-hybridized carbons (Fsp3) is 0.421. The number of H-pyrrole nitrogens is 1. The van der Waals surface area contributed by atoms with Crippen molar-refractivity contribution < 1.29 is 9.18 Å². The van der Waals surface area contributed by atoms with Crippen molar-refractivity contribution in [2.24, 2.45) is 0 Å². The number of amides is 1. The number of carbonyl (C=O) groups excluding carboxylic acids is 1. The smallest absolute Gasteiger partial charge is 0.219 e. The third kappa shape index (κ3) is 2.92. The Morgan fingerprint density at radius 1 is 1.39 bits per heavy atom. The average Bonchev–Trinajstić information content (AvgIpc) is 3.24. The van der Waals surface area contributed by atoms with E-state index in [9.17, 15) is 9.18 Å². The van der Waals surface area contributed by atoms with Crippen molar-refractivity contribution in [2.75, 3.05) is 25.5 Å². The van der Waals surface area contributed by atoms with E-state index in [1.807, 2.05) is 14.0 Å². The highest BCUT2D eigenvalue weighted by Gasteiger charge is 2.33. The molecule has 1 fully saturated rings. The lowest BCUT2D eigenvalue weighted by molar-refractivity contribution is -0.131. The summed E-state index contributed by atoms with van der Waals surface area (Å²) in [6.45, 7) is 4.03. The van der Waals surface area contributed by atoms with Crippen LogP contribution in [0, 0.1) is 6.92 Å². The molecule has 28 heavy (non-hydrogen) atoms. The zero-order valence-corrected chi connectivity index (χ0v) is 16.7. The lowest BCUT2D eigenvalue weighted by Gasteiger charge is -2.34. The van der Waals surface area contributed by atoms with Gasteiger partial charge in [-0.1, -0.05) is 11.6 Å². The van der Waals surface area contributed by atoms with Crippen LogP contribution in [0.3, 0.4) is 0 Å². The second-order valence-electron chi connectivity index (χ2n) is 7.08. The van der Waals surface area contributed by atoms with Crippen LogP contribution in [0.1, 0.15) is 25.1 Å². The molecule has 0 radical (unpaired) electrons. The summed E-state index contributed by atoms with van der Waals surface area (Å²) in [5, 5.41) is 9.08. The van der Waals surface area contributed by atoms with Gasteiger partial charge < -0.3 is 15.2 Å². The minimum atomic E-state index is -1.16. The number of anilines is 1. The maximum atomic E-state index is 14.8. The van der Waals surface area contributed by atoms with Gasteiger partial charge in [0, 0.05) is 49.7 Å². The van der Waals surface area contributed by atoms with E-state index in [4.69, 9.17) is 11.6 Å². The summed E-state index contributed by atoms with van der Waals surface area (Å²) < 4.78 is 16.5. The molecule has 9 heteroatoms. The molecule has 148 valence electrons. The number of carbonyl (C=O) groups is 1. The van der Waals surface area contributed by atoms with Gasteiger partial charge in [-0.3, -0.25) is 9.48 Å². The van der Waals surface area contributed by atoms with E-state index < -0.39 is 12.2 Å². The zero-order valence-electron chi connectivity index (χ0n) is 16.0. The Kier molecular flexibility index (Phi) is 4.74. The number of halogens is 2. The van der Waals surface area contributed by atoms with Gasteiger partial charge in [0.1, 0.15) is 11.8 Å². The number of likely N-dealkylation sites (tertiary alicyclic amines) is 1. The number of fused-ring (bicyclic) bond motifs is 1. The molecule has 2 atom stereocenters. The highest BCUT2D eigenvalue weighted by molar-refractivity contribution is 6.36. The van der Waals surface area contributed by atoms with Crippen molar-refractivity contribution in [2.45, 2.75) is 32.5 Å². The Balaban J connectivity index is 1.73. The normalized spacial score (nSPS) is 20.0. The monoisotopic (exact) mass is 404 g/mol. The Morgan fingerprint density at radius 2 is 2.18 bits per heavy atom. The molecule has 4 rings (SSSR count). The number of hydrogen-bond acceptors (Lipinski definition) is 4. The van der Waals surface area contributed by atoms with Gasteiger partial charge in [-0.25, -0.2) is 9.37 Å². The molecule has 0 bridgehead atoms. The van der Waals surface area contributed by atoms with Gasteiger partial charge in [0.2, 0.25) is 5.91 Å². The molecular weight excluding hydrogens is 383 g/mol. The molecule has 1 aliphatic heterocycles. The van der Waals surface area contributed by atoms with Gasteiger partial charge in [0.05, 0.1) is 34.9 Å². The van der Waals surface area contributed by atoms with Gasteiger partial charge in [0.25, 0.3) is 0 Å². The Labute approximate surface area is 166 Å². The molecule has 3 aromatic heterocycles. The third-order valence-corrected chi connectivity index (χ3v) is 5.80. The molecule has 0 saturated carbocycles. The molecule has 3 aromatic rings. The summed E-state index contributed by atoms with van der Waals surface area (Å²) in [5.41, 5.74) is 4.13. The van der Waals surface area contributed by atoms with Crippen molar-refractivity contribution >= 4 is 34.2 Å². The summed E-state index contributed by atoms with van der Waals surface area (Å²) in [5.74, 6) is -0.0969. The van der Waals surface area contributed by atoms with Crippen LogP contribution in [0.5, 0.6) is 0 Å². The minimum Gasteiger partial charge on any atom is -0.387 e. The van der Waals surface area contributed by atoms with Crippen LogP contribution < -0.4 is 5.32 Å². The number of alkyl halides is 1. The maximum absolute atomic E-state index is 14.8. The van der Waals surface area contributed by atoms with Gasteiger partial charge in [-0.2, -0.15) is 5.10 Å². The van der Waals surface area contributed by atoms with Gasteiger partial charge >= 0.3 is 0 Å². The van der Waals surface area contributed by atoms with Crippen molar-refractivity contribution in [3.05, 3.63) is 29.3 Å². The Bertz CT molecular complexity index is 1040. The highest BCUT2D eigenvalue weighted by atomic mass is 35.5. The summed E-state index contributed by atoms with van der Waals surface area (Å²) in [4.78, 5) is 20.6. The van der Waals surface area contributed by atoms with Gasteiger partial charge in [-0.05, 0) is 13.3 Å². The summed E-state index contributed by atoms with van der Waals surface area (Å²) in [7, 11) is 1.83. The lowest BCUT2D eigenvalue weighted by Crippen LogP contribution is -2.45. The fourth-order valence-corrected chi connectivity index (χ4v) is 4.24. The summed E-state index contributed by atoms with van der Waals surface area (Å²) >= 11 is 6.33. The first-order valence-corrected chi connectivity index (χ1v) is 9.57. The first-order chi connectivity index (χ1) is 13.4. The zero-order chi connectivity index (χ0) is 20.0. The molecular formula is C19H22ClFN6O. The van der Waals surface area contributed by atoms with E-state index in [-0.39, 0.29) is 12.5 Å². The van der Waals surface area contributed by atoms with Crippen molar-refractivity contribution in [3.8, 4) is 11.1 Å². The SMILES string of the molecule is CNc1c(-c2cnn([C@H]3CCN(C(C)=O)C[C@@H]3F)c2C)cnc2[nH]cc(Cl)c12. The topological polar surface area (TPSA) is 78.8 Å². The van der Waals surface area contributed by atoms with E-state index >= 15 is 0 Å². The molecule has 1 saturated heterocycles. The molecule has 0 unspecified atom stereocenters. The van der Waals surface area contributed by atoms with Gasteiger partial charge in [0.15, 0.2) is 0 Å². The predicted octanol–water partition coefficient (Wildman–Crippen LogP) is 3.56. The largest absolute Gasteiger partial charge is 0.387 e. The van der Waals surface area contributed by atoms with E-state index in [0.717, 1.165) is 27.9 Å². The van der Waals surface area contributed by atoms with Crippen molar-refractivity contribution in [1.82, 2.24) is 24.6 Å². The molecule has 2 N–H and O–H groups in total. The number of aromatic amines is 1. The number of nitrogens with zero attached hydrogens (tertiary/aromatic N) is 4. The van der Waals surface area contributed by atoms with Crippen LogP contribution in [-0.2, 0) is 4.79 Å². The molecule has 1 aliphatic rings. The second-order valence-corrected chi connectivity index (χ2v) is 7.49. The standard InChI is InChI=1S/C19H22ClFN6O/c1-10-12(13-6-23-19-17(18(13)22-3)14(20)8-24-19)7-25-27(10)16-4-5-26(11(2)28)9-15(16)21/h6-8,15-16H,4-5,9H2,1-3H3,(H2,22,23,24)/t15-,16-/m0/s1. The highest BCUT2D eigenvalue weighted by Crippen LogP contribution is 2.39. The van der Waals surface area contributed by atoms with E-state index in [1.54, 1.807) is 28.2 Å². The molecule has 0 aromatic carbocycles. The van der Waals surface area contributed by atoms with E-state index in [2.05, 4.69) is 20.4 Å². The maximum Gasteiger partial charge on any atom is 0.219 e. The Morgan fingerprint density at radius 3 is 2.86 bits per heavy atom. The van der Waals surface area contributed by atoms with Crippen LogP contribution >= 0.6 is 11.6 Å². The van der Waals surface area contributed by atoms with Crippen LogP contribution in [0.15, 0.2) is 18.6 Å². The second kappa shape index (κ2) is 7.09.